The van der Waals surface area contributed by atoms with Crippen molar-refractivity contribution in [2.75, 3.05) is 20.0 Å². The van der Waals surface area contributed by atoms with E-state index in [0.29, 0.717) is 6.04 Å². The van der Waals surface area contributed by atoms with Gasteiger partial charge < -0.3 is 15.2 Å². The average molecular weight is 281 g/mol. The number of thioether (sulfide) groups is 1. The summed E-state index contributed by atoms with van der Waals surface area (Å²) in [6.45, 7) is 1.13. The third-order valence-electron chi connectivity index (χ3n) is 3.65. The zero-order valence-corrected chi connectivity index (χ0v) is 12.5. The molecule has 0 radical (unpaired) electrons. The van der Waals surface area contributed by atoms with Crippen LogP contribution in [0, 0.1) is 5.92 Å². The Morgan fingerprint density at radius 2 is 2.26 bits per heavy atom. The molecule has 0 spiro atoms. The minimum Gasteiger partial charge on any atom is -0.496 e. The molecule has 3 nitrogen and oxygen atoms in total. The van der Waals surface area contributed by atoms with Crippen LogP contribution in [-0.2, 0) is 6.54 Å². The smallest absolute Gasteiger partial charge is 0.132 e. The highest BCUT2D eigenvalue weighted by atomic mass is 32.2. The molecule has 1 unspecified atom stereocenters. The van der Waals surface area contributed by atoms with Crippen LogP contribution in [0.1, 0.15) is 24.8 Å². The predicted octanol–water partition coefficient (Wildman–Crippen LogP) is 2.67. The summed E-state index contributed by atoms with van der Waals surface area (Å²) >= 11 is 1.70. The molecule has 0 bridgehead atoms. The van der Waals surface area contributed by atoms with Gasteiger partial charge in [0.2, 0.25) is 0 Å². The minimum atomic E-state index is 0.271. The number of aliphatic hydroxyl groups is 1. The monoisotopic (exact) mass is 281 g/mol. The van der Waals surface area contributed by atoms with Gasteiger partial charge >= 0.3 is 0 Å². The molecule has 1 aliphatic rings. The van der Waals surface area contributed by atoms with Crippen molar-refractivity contribution < 1.29 is 9.84 Å². The molecule has 0 amide bonds. The number of rotatable bonds is 8. The number of methoxy groups -OCH3 is 1. The highest BCUT2D eigenvalue weighted by molar-refractivity contribution is 7.98. The predicted molar refractivity (Wildman–Crippen MR) is 79.8 cm³/mol. The summed E-state index contributed by atoms with van der Waals surface area (Å²) in [4.78, 5) is 1.17. The Bertz CT molecular complexity index is 407. The largest absolute Gasteiger partial charge is 0.496 e. The molecule has 0 aliphatic heterocycles. The van der Waals surface area contributed by atoms with Crippen molar-refractivity contribution in [3.63, 3.8) is 0 Å². The maximum absolute atomic E-state index is 9.10. The first kappa shape index (κ1) is 14.7. The van der Waals surface area contributed by atoms with Crippen molar-refractivity contribution >= 4 is 11.8 Å². The van der Waals surface area contributed by atoms with E-state index in [0.717, 1.165) is 24.6 Å². The molecule has 4 heteroatoms. The third kappa shape index (κ3) is 4.13. The third-order valence-corrected chi connectivity index (χ3v) is 4.41. The van der Waals surface area contributed by atoms with E-state index in [1.54, 1.807) is 18.9 Å². The molecule has 2 rings (SSSR count). The van der Waals surface area contributed by atoms with E-state index < -0.39 is 0 Å². The Morgan fingerprint density at radius 3 is 2.84 bits per heavy atom. The van der Waals surface area contributed by atoms with Gasteiger partial charge in [-0.15, -0.1) is 11.8 Å². The van der Waals surface area contributed by atoms with E-state index in [9.17, 15) is 0 Å². The lowest BCUT2D eigenvalue weighted by Gasteiger charge is -2.17. The Labute approximate surface area is 119 Å². The van der Waals surface area contributed by atoms with E-state index >= 15 is 0 Å². The maximum atomic E-state index is 9.10. The zero-order valence-electron chi connectivity index (χ0n) is 11.7. The van der Waals surface area contributed by atoms with E-state index in [-0.39, 0.29) is 6.61 Å². The number of benzene rings is 1. The molecule has 19 heavy (non-hydrogen) atoms. The summed E-state index contributed by atoms with van der Waals surface area (Å²) in [5.41, 5.74) is 1.27. The highest BCUT2D eigenvalue weighted by Gasteiger charge is 2.30. The fourth-order valence-electron chi connectivity index (χ4n) is 2.38. The number of ether oxygens (including phenoxy) is 1. The van der Waals surface area contributed by atoms with Gasteiger partial charge in [-0.2, -0.15) is 0 Å². The van der Waals surface area contributed by atoms with Crippen molar-refractivity contribution in [1.29, 1.82) is 0 Å². The van der Waals surface area contributed by atoms with Crippen LogP contribution < -0.4 is 10.1 Å². The first-order valence-electron chi connectivity index (χ1n) is 6.83. The summed E-state index contributed by atoms with van der Waals surface area (Å²) in [6.07, 6.45) is 5.52. The molecule has 0 aromatic heterocycles. The summed E-state index contributed by atoms with van der Waals surface area (Å²) in [6, 6.07) is 6.78. The summed E-state index contributed by atoms with van der Waals surface area (Å²) in [5.74, 6) is 1.70. The highest BCUT2D eigenvalue weighted by Crippen LogP contribution is 2.34. The van der Waals surface area contributed by atoms with Crippen LogP contribution in [0.5, 0.6) is 5.75 Å². The maximum Gasteiger partial charge on any atom is 0.132 e. The summed E-state index contributed by atoms with van der Waals surface area (Å²) in [5, 5.41) is 12.7. The second-order valence-electron chi connectivity index (χ2n) is 5.03. The lowest BCUT2D eigenvalue weighted by molar-refractivity contribution is 0.255. The second-order valence-corrected chi connectivity index (χ2v) is 5.87. The fraction of sp³-hybridized carbons (Fsp3) is 0.600. The Kier molecular flexibility index (Phi) is 5.55. The van der Waals surface area contributed by atoms with Gasteiger partial charge in [0, 0.05) is 24.1 Å². The van der Waals surface area contributed by atoms with E-state index in [4.69, 9.17) is 9.84 Å². The molecular weight excluding hydrogens is 258 g/mol. The topological polar surface area (TPSA) is 41.5 Å². The minimum absolute atomic E-state index is 0.271. The van der Waals surface area contributed by atoms with Gasteiger partial charge in [-0.1, -0.05) is 6.07 Å². The molecule has 106 valence electrons. The van der Waals surface area contributed by atoms with Crippen LogP contribution >= 0.6 is 11.8 Å². The molecule has 0 heterocycles. The van der Waals surface area contributed by atoms with Gasteiger partial charge in [-0.05, 0) is 49.1 Å². The molecule has 1 aliphatic carbocycles. The van der Waals surface area contributed by atoms with E-state index in [1.165, 1.54) is 23.3 Å². The van der Waals surface area contributed by atoms with Crippen LogP contribution in [0.15, 0.2) is 23.1 Å². The summed E-state index contributed by atoms with van der Waals surface area (Å²) < 4.78 is 5.33. The first-order chi connectivity index (χ1) is 9.28. The molecule has 2 N–H and O–H groups in total. The number of hydrogen-bond acceptors (Lipinski definition) is 4. The Hall–Kier alpha value is -0.710. The van der Waals surface area contributed by atoms with Crippen LogP contribution in [-0.4, -0.2) is 31.1 Å². The lowest BCUT2D eigenvalue weighted by Crippen LogP contribution is -2.31. The SMILES string of the molecule is COc1ccc(CNC(CCO)C2CC2)cc1SC. The van der Waals surface area contributed by atoms with Gasteiger partial charge in [-0.3, -0.25) is 0 Å². The van der Waals surface area contributed by atoms with Crippen molar-refractivity contribution in [2.45, 2.75) is 36.7 Å². The van der Waals surface area contributed by atoms with Crippen LogP contribution in [0.25, 0.3) is 0 Å². The Morgan fingerprint density at radius 1 is 1.47 bits per heavy atom. The first-order valence-corrected chi connectivity index (χ1v) is 8.06. The number of aliphatic hydroxyl groups excluding tert-OH is 1. The van der Waals surface area contributed by atoms with Crippen molar-refractivity contribution in [2.24, 2.45) is 5.92 Å². The van der Waals surface area contributed by atoms with Crippen molar-refractivity contribution in [1.82, 2.24) is 5.32 Å². The van der Waals surface area contributed by atoms with Gasteiger partial charge in [0.25, 0.3) is 0 Å². The second kappa shape index (κ2) is 7.17. The molecular formula is C15H23NO2S. The standard InChI is InChI=1S/C15H23NO2S/c1-18-14-6-3-11(9-15(14)19-2)10-16-13(7-8-17)12-4-5-12/h3,6,9,12-13,16-17H,4-5,7-8,10H2,1-2H3. The molecule has 1 saturated carbocycles. The average Bonchev–Trinajstić information content (AvgIpc) is 3.27. The summed E-state index contributed by atoms with van der Waals surface area (Å²) in [7, 11) is 1.71. The molecule has 1 fully saturated rings. The van der Waals surface area contributed by atoms with Crippen molar-refractivity contribution in [3.8, 4) is 5.75 Å². The normalized spacial score (nSPS) is 16.4. The molecule has 1 aromatic carbocycles. The van der Waals surface area contributed by atoms with Gasteiger partial charge in [0.05, 0.1) is 7.11 Å². The Balaban J connectivity index is 1.94. The van der Waals surface area contributed by atoms with Crippen molar-refractivity contribution in [3.05, 3.63) is 23.8 Å². The fourth-order valence-corrected chi connectivity index (χ4v) is 3.00. The van der Waals surface area contributed by atoms with Crippen LogP contribution in [0.3, 0.4) is 0 Å². The molecule has 1 aromatic rings. The van der Waals surface area contributed by atoms with Gasteiger partial charge in [0.15, 0.2) is 0 Å². The molecule has 1 atom stereocenters. The van der Waals surface area contributed by atoms with Crippen LogP contribution in [0.4, 0.5) is 0 Å². The van der Waals surface area contributed by atoms with E-state index in [1.807, 2.05) is 6.07 Å². The quantitative estimate of drug-likeness (QED) is 0.719. The van der Waals surface area contributed by atoms with Gasteiger partial charge in [-0.25, -0.2) is 0 Å². The zero-order chi connectivity index (χ0) is 13.7. The van der Waals surface area contributed by atoms with Crippen LogP contribution in [0.2, 0.25) is 0 Å². The molecule has 0 saturated heterocycles. The lowest BCUT2D eigenvalue weighted by atomic mass is 10.1. The van der Waals surface area contributed by atoms with E-state index in [2.05, 4.69) is 23.7 Å². The number of nitrogens with one attached hydrogen (secondary N) is 1. The van der Waals surface area contributed by atoms with Gasteiger partial charge in [0.1, 0.15) is 5.75 Å². The number of hydrogen-bond donors (Lipinski definition) is 2.